The molecule has 0 saturated heterocycles. The van der Waals surface area contributed by atoms with E-state index in [1.54, 1.807) is 24.3 Å². The number of esters is 1. The van der Waals surface area contributed by atoms with Crippen molar-refractivity contribution in [3.8, 4) is 0 Å². The summed E-state index contributed by atoms with van der Waals surface area (Å²) in [5.74, 6) is -1.01. The second-order valence-corrected chi connectivity index (χ2v) is 9.11. The van der Waals surface area contributed by atoms with E-state index in [0.29, 0.717) is 23.4 Å². The summed E-state index contributed by atoms with van der Waals surface area (Å²) in [5.41, 5.74) is 2.50. The van der Waals surface area contributed by atoms with Crippen molar-refractivity contribution in [2.75, 3.05) is 12.0 Å². The van der Waals surface area contributed by atoms with Gasteiger partial charge in [-0.25, -0.2) is 4.79 Å². The Morgan fingerprint density at radius 3 is 2.14 bits per heavy atom. The second-order valence-electron chi connectivity index (χ2n) is 8.07. The molecular weight excluding hydrogens is 472 g/mol. The van der Waals surface area contributed by atoms with Crippen molar-refractivity contribution in [3.05, 3.63) is 124 Å². The maximum Gasteiger partial charge on any atom is 0.337 e. The van der Waals surface area contributed by atoms with Crippen molar-refractivity contribution in [3.63, 3.8) is 0 Å². The maximum atomic E-state index is 13.7. The minimum atomic E-state index is -0.911. The number of carbonyl (C=O) groups is 3. The van der Waals surface area contributed by atoms with Crippen LogP contribution >= 0.6 is 11.3 Å². The average Bonchev–Trinajstić information content (AvgIpc) is 3.44. The topological polar surface area (TPSA) is 75.7 Å². The molecule has 7 heteroatoms. The number of methoxy groups -OCH3 is 1. The van der Waals surface area contributed by atoms with Gasteiger partial charge >= 0.3 is 5.97 Å². The number of ether oxygens (including phenoxy) is 1. The number of hydrogen-bond donors (Lipinski definition) is 1. The minimum Gasteiger partial charge on any atom is -0.465 e. The van der Waals surface area contributed by atoms with Crippen LogP contribution in [-0.2, 0) is 27.3 Å². The number of hydrogen-bond acceptors (Lipinski definition) is 5. The molecule has 4 aromatic rings. The predicted octanol–water partition coefficient (Wildman–Crippen LogP) is 5.17. The van der Waals surface area contributed by atoms with Gasteiger partial charge in [0.25, 0.3) is 0 Å². The van der Waals surface area contributed by atoms with Crippen LogP contribution < -0.4 is 10.2 Å². The monoisotopic (exact) mass is 498 g/mol. The Kier molecular flexibility index (Phi) is 8.26. The van der Waals surface area contributed by atoms with Crippen LogP contribution in [0.15, 0.2) is 102 Å². The van der Waals surface area contributed by atoms with Crippen LogP contribution in [0.4, 0.5) is 5.69 Å². The van der Waals surface area contributed by atoms with Gasteiger partial charge < -0.3 is 10.1 Å². The zero-order chi connectivity index (χ0) is 25.3. The molecule has 0 aliphatic rings. The summed E-state index contributed by atoms with van der Waals surface area (Å²) >= 11 is 1.49. The molecule has 0 spiro atoms. The lowest BCUT2D eigenvalue weighted by Gasteiger charge is -2.31. The normalized spacial score (nSPS) is 11.4. The Morgan fingerprint density at radius 2 is 1.53 bits per heavy atom. The third-order valence-corrected chi connectivity index (χ3v) is 6.55. The smallest absolute Gasteiger partial charge is 0.337 e. The molecule has 3 aromatic carbocycles. The van der Waals surface area contributed by atoms with Gasteiger partial charge in [-0.2, -0.15) is 0 Å². The van der Waals surface area contributed by atoms with E-state index in [9.17, 15) is 14.4 Å². The van der Waals surface area contributed by atoms with Crippen LogP contribution in [0.1, 0.15) is 32.4 Å². The summed E-state index contributed by atoms with van der Waals surface area (Å²) in [5, 5.41) is 4.91. The van der Waals surface area contributed by atoms with Gasteiger partial charge in [-0.15, -0.1) is 11.3 Å². The number of rotatable bonds is 9. The first-order valence-electron chi connectivity index (χ1n) is 11.5. The van der Waals surface area contributed by atoms with Gasteiger partial charge in [-0.1, -0.05) is 66.7 Å². The number of anilines is 1. The largest absolute Gasteiger partial charge is 0.465 e. The van der Waals surface area contributed by atoms with Gasteiger partial charge in [-0.05, 0) is 46.8 Å². The van der Waals surface area contributed by atoms with E-state index < -0.39 is 12.0 Å². The van der Waals surface area contributed by atoms with Crippen LogP contribution in [0, 0.1) is 0 Å². The summed E-state index contributed by atoms with van der Waals surface area (Å²) in [7, 11) is 1.32. The molecule has 1 atom stereocenters. The molecule has 1 heterocycles. The van der Waals surface area contributed by atoms with E-state index >= 15 is 0 Å². The number of benzene rings is 3. The van der Waals surface area contributed by atoms with Crippen LogP contribution in [0.2, 0.25) is 0 Å². The van der Waals surface area contributed by atoms with Crippen LogP contribution in [0.3, 0.4) is 0 Å². The SMILES string of the molecule is COC(=O)c1ccc(N(C(=O)Cc2cccs2)[C@@H](C(=O)NCc2ccccc2)c2ccccc2)cc1. The molecule has 1 N–H and O–H groups in total. The second kappa shape index (κ2) is 12.0. The van der Waals surface area contributed by atoms with E-state index in [0.717, 1.165) is 10.4 Å². The van der Waals surface area contributed by atoms with E-state index in [-0.39, 0.29) is 18.2 Å². The molecule has 36 heavy (non-hydrogen) atoms. The average molecular weight is 499 g/mol. The number of amides is 2. The highest BCUT2D eigenvalue weighted by atomic mass is 32.1. The minimum absolute atomic E-state index is 0.145. The first-order valence-corrected chi connectivity index (χ1v) is 12.3. The van der Waals surface area contributed by atoms with Gasteiger partial charge in [0.1, 0.15) is 6.04 Å². The molecule has 1 aromatic heterocycles. The van der Waals surface area contributed by atoms with Crippen molar-refractivity contribution in [2.24, 2.45) is 0 Å². The molecule has 0 radical (unpaired) electrons. The third kappa shape index (κ3) is 6.06. The molecule has 4 rings (SSSR count). The predicted molar refractivity (Wildman–Crippen MR) is 141 cm³/mol. The van der Waals surface area contributed by atoms with Gasteiger partial charge in [-0.3, -0.25) is 14.5 Å². The summed E-state index contributed by atoms with van der Waals surface area (Å²) in [4.78, 5) is 41.8. The molecule has 6 nitrogen and oxygen atoms in total. The highest BCUT2D eigenvalue weighted by molar-refractivity contribution is 7.10. The molecule has 182 valence electrons. The Morgan fingerprint density at radius 1 is 0.861 bits per heavy atom. The molecule has 0 bridgehead atoms. The van der Waals surface area contributed by atoms with Crippen molar-refractivity contribution >= 4 is 34.8 Å². The van der Waals surface area contributed by atoms with Crippen molar-refractivity contribution < 1.29 is 19.1 Å². The number of nitrogens with one attached hydrogen (secondary N) is 1. The first-order chi connectivity index (χ1) is 17.6. The molecular formula is C29H26N2O4S. The Balaban J connectivity index is 1.72. The quantitative estimate of drug-likeness (QED) is 0.323. The van der Waals surface area contributed by atoms with E-state index in [1.807, 2.05) is 78.2 Å². The Bertz CT molecular complexity index is 1290. The third-order valence-electron chi connectivity index (χ3n) is 5.67. The summed E-state index contributed by atoms with van der Waals surface area (Å²) in [6.45, 7) is 0.331. The van der Waals surface area contributed by atoms with E-state index in [4.69, 9.17) is 4.74 Å². The Hall–Kier alpha value is -4.23. The zero-order valence-electron chi connectivity index (χ0n) is 19.8. The number of nitrogens with zero attached hydrogens (tertiary/aromatic N) is 1. The maximum absolute atomic E-state index is 13.7. The van der Waals surface area contributed by atoms with Crippen molar-refractivity contribution in [2.45, 2.75) is 19.0 Å². The molecule has 0 fully saturated rings. The van der Waals surface area contributed by atoms with E-state index in [2.05, 4.69) is 5.32 Å². The lowest BCUT2D eigenvalue weighted by atomic mass is 10.0. The fourth-order valence-corrected chi connectivity index (χ4v) is 4.59. The fraction of sp³-hybridized carbons (Fsp3) is 0.138. The Labute approximate surface area is 214 Å². The van der Waals surface area contributed by atoms with Crippen LogP contribution in [0.5, 0.6) is 0 Å². The van der Waals surface area contributed by atoms with Gasteiger partial charge in [0.15, 0.2) is 0 Å². The van der Waals surface area contributed by atoms with Gasteiger partial charge in [0.2, 0.25) is 11.8 Å². The molecule has 2 amide bonds. The number of thiophene rings is 1. The number of carbonyl (C=O) groups excluding carboxylic acids is 3. The lowest BCUT2D eigenvalue weighted by molar-refractivity contribution is -0.126. The fourth-order valence-electron chi connectivity index (χ4n) is 3.90. The molecule has 0 aliphatic carbocycles. The van der Waals surface area contributed by atoms with E-state index in [1.165, 1.54) is 23.3 Å². The summed E-state index contributed by atoms with van der Waals surface area (Å²) in [6, 6.07) is 28.2. The molecule has 0 saturated carbocycles. The highest BCUT2D eigenvalue weighted by Crippen LogP contribution is 2.30. The first kappa shape index (κ1) is 24.9. The summed E-state index contributed by atoms with van der Waals surface area (Å²) in [6.07, 6.45) is 0.145. The van der Waals surface area contributed by atoms with Crippen LogP contribution in [-0.4, -0.2) is 24.9 Å². The molecule has 0 aliphatic heterocycles. The molecule has 0 unspecified atom stereocenters. The van der Waals surface area contributed by atoms with Gasteiger partial charge in [0.05, 0.1) is 19.1 Å². The lowest BCUT2D eigenvalue weighted by Crippen LogP contribution is -2.44. The van der Waals surface area contributed by atoms with Crippen LogP contribution in [0.25, 0.3) is 0 Å². The highest BCUT2D eigenvalue weighted by Gasteiger charge is 2.33. The van der Waals surface area contributed by atoms with Crippen molar-refractivity contribution in [1.82, 2.24) is 5.32 Å². The van der Waals surface area contributed by atoms with Crippen molar-refractivity contribution in [1.29, 1.82) is 0 Å². The standard InChI is InChI=1S/C29H26N2O4S/c1-35-29(34)23-14-16-24(17-15-23)31(26(32)19-25-13-8-18-36-25)27(22-11-6-3-7-12-22)28(33)30-20-21-9-4-2-5-10-21/h2-18,27H,19-20H2,1H3,(H,30,33)/t27-/m1/s1. The van der Waals surface area contributed by atoms with Gasteiger partial charge in [0, 0.05) is 17.1 Å². The zero-order valence-corrected chi connectivity index (χ0v) is 20.6. The summed E-state index contributed by atoms with van der Waals surface area (Å²) < 4.78 is 4.80.